The highest BCUT2D eigenvalue weighted by atomic mass is 16.5. The Labute approximate surface area is 248 Å². The number of alkyl carbamates (subject to hydrolysis) is 1. The van der Waals surface area contributed by atoms with Gasteiger partial charge >= 0.3 is 6.09 Å². The number of carbonyl (C=O) groups excluding carboxylic acids is 1. The Balaban J connectivity index is 0.940. The highest BCUT2D eigenvalue weighted by Crippen LogP contribution is 2.44. The molecule has 9 nitrogen and oxygen atoms in total. The highest BCUT2D eigenvalue weighted by molar-refractivity contribution is 5.80. The van der Waals surface area contributed by atoms with E-state index in [0.29, 0.717) is 31.9 Å². The molecule has 1 aliphatic rings. The molecule has 43 heavy (non-hydrogen) atoms. The van der Waals surface area contributed by atoms with E-state index in [9.17, 15) is 4.79 Å². The molecule has 212 valence electrons. The van der Waals surface area contributed by atoms with E-state index in [1.807, 2.05) is 55.0 Å². The van der Waals surface area contributed by atoms with Crippen LogP contribution in [0.5, 0.6) is 0 Å². The number of hydrogen-bond donors (Lipinski definition) is 2. The average Bonchev–Trinajstić information content (AvgIpc) is 3.81. The first kappa shape index (κ1) is 26.3. The van der Waals surface area contributed by atoms with Crippen LogP contribution in [0, 0.1) is 0 Å². The Kier molecular flexibility index (Phi) is 7.19. The summed E-state index contributed by atoms with van der Waals surface area (Å²) in [4.78, 5) is 17.0. The number of ether oxygens (including phenoxy) is 1. The third-order valence-corrected chi connectivity index (χ3v) is 7.92. The third kappa shape index (κ3) is 5.40. The van der Waals surface area contributed by atoms with Crippen molar-refractivity contribution < 1.29 is 9.53 Å². The van der Waals surface area contributed by atoms with Crippen LogP contribution >= 0.6 is 0 Å². The fourth-order valence-corrected chi connectivity index (χ4v) is 5.83. The predicted molar refractivity (Wildman–Crippen MR) is 163 cm³/mol. The largest absolute Gasteiger partial charge is 0.449 e. The lowest BCUT2D eigenvalue weighted by molar-refractivity contribution is 0.143. The number of aromatic nitrogens is 6. The molecule has 1 amide bonds. The lowest BCUT2D eigenvalue weighted by Gasteiger charge is -2.15. The van der Waals surface area contributed by atoms with E-state index in [2.05, 4.69) is 90.1 Å². The first-order chi connectivity index (χ1) is 21.2. The van der Waals surface area contributed by atoms with Crippen LogP contribution in [0.1, 0.15) is 28.3 Å². The van der Waals surface area contributed by atoms with Gasteiger partial charge in [-0.2, -0.15) is 5.21 Å². The second-order valence-corrected chi connectivity index (χ2v) is 10.5. The van der Waals surface area contributed by atoms with Gasteiger partial charge in [-0.3, -0.25) is 0 Å². The number of H-pyrrole nitrogens is 1. The molecular formula is C34H29N7O2. The standard InChI is InChI=1S/C34H29N7O2/c42-34(43-21-32-29-10-4-2-8-27(29)28-9-3-5-11-30(28)32)36-18-17-25-19-35-22-41(25)20-23-13-15-24(16-14-23)26-7-1-6-12-31(26)33-37-39-40-38-33/h1-16,19,22,32H,17-18,20-21H2,(H,36,42)(H,37,38,39,40). The lowest BCUT2D eigenvalue weighted by Crippen LogP contribution is -2.28. The van der Waals surface area contributed by atoms with Crippen molar-refractivity contribution in [3.8, 4) is 33.6 Å². The Bertz CT molecular complexity index is 1820. The topological polar surface area (TPSA) is 111 Å². The summed E-state index contributed by atoms with van der Waals surface area (Å²) in [6.07, 6.45) is 3.89. The normalized spacial score (nSPS) is 12.1. The zero-order valence-electron chi connectivity index (χ0n) is 23.4. The van der Waals surface area contributed by atoms with Gasteiger partial charge in [0.1, 0.15) is 6.61 Å². The molecule has 0 saturated heterocycles. The molecule has 0 aliphatic heterocycles. The molecule has 1 aliphatic carbocycles. The van der Waals surface area contributed by atoms with E-state index >= 15 is 0 Å². The molecule has 0 spiro atoms. The van der Waals surface area contributed by atoms with Crippen LogP contribution in [-0.4, -0.2) is 49.4 Å². The van der Waals surface area contributed by atoms with Crippen LogP contribution in [0.4, 0.5) is 4.79 Å². The molecule has 0 saturated carbocycles. The number of tetrazole rings is 1. The number of nitrogens with zero attached hydrogens (tertiary/aromatic N) is 5. The summed E-state index contributed by atoms with van der Waals surface area (Å²) < 4.78 is 7.78. The SMILES string of the molecule is O=C(NCCc1cncn1Cc1ccc(-c2ccccc2-c2nn[nH]n2)cc1)OCC1c2ccccc2-c2ccccc21. The van der Waals surface area contributed by atoms with Gasteiger partial charge in [0.25, 0.3) is 0 Å². The summed E-state index contributed by atoms with van der Waals surface area (Å²) in [5.74, 6) is 0.605. The summed E-state index contributed by atoms with van der Waals surface area (Å²) in [5, 5.41) is 17.4. The van der Waals surface area contributed by atoms with Crippen molar-refractivity contribution in [2.75, 3.05) is 13.2 Å². The molecule has 0 radical (unpaired) electrons. The van der Waals surface area contributed by atoms with Gasteiger partial charge in [0, 0.05) is 42.9 Å². The van der Waals surface area contributed by atoms with Crippen molar-refractivity contribution in [2.24, 2.45) is 0 Å². The number of carbonyl (C=O) groups is 1. The van der Waals surface area contributed by atoms with E-state index in [1.165, 1.54) is 22.3 Å². The Morgan fingerprint density at radius 1 is 0.837 bits per heavy atom. The maximum atomic E-state index is 12.6. The monoisotopic (exact) mass is 567 g/mol. The second-order valence-electron chi connectivity index (χ2n) is 10.5. The van der Waals surface area contributed by atoms with Crippen LogP contribution in [0.15, 0.2) is 110 Å². The fraction of sp³-hybridized carbons (Fsp3) is 0.147. The Morgan fingerprint density at radius 3 is 2.21 bits per heavy atom. The van der Waals surface area contributed by atoms with Crippen molar-refractivity contribution >= 4 is 6.09 Å². The van der Waals surface area contributed by atoms with E-state index in [-0.39, 0.29) is 5.92 Å². The maximum absolute atomic E-state index is 12.6. The molecule has 2 N–H and O–H groups in total. The van der Waals surface area contributed by atoms with Gasteiger partial charge in [-0.05, 0) is 44.2 Å². The number of hydrogen-bond acceptors (Lipinski definition) is 6. The van der Waals surface area contributed by atoms with Crippen LogP contribution in [0.2, 0.25) is 0 Å². The number of amides is 1. The fourth-order valence-electron chi connectivity index (χ4n) is 5.83. The molecule has 9 heteroatoms. The van der Waals surface area contributed by atoms with Gasteiger partial charge in [0.05, 0.1) is 6.33 Å². The van der Waals surface area contributed by atoms with Crippen molar-refractivity contribution in [2.45, 2.75) is 18.9 Å². The first-order valence-corrected chi connectivity index (χ1v) is 14.2. The molecule has 0 bridgehead atoms. The number of benzene rings is 4. The van der Waals surface area contributed by atoms with E-state index in [0.717, 1.165) is 27.9 Å². The molecule has 2 heterocycles. The number of aromatic amines is 1. The average molecular weight is 568 g/mol. The molecule has 0 fully saturated rings. The minimum absolute atomic E-state index is 0.0402. The maximum Gasteiger partial charge on any atom is 0.407 e. The second kappa shape index (κ2) is 11.7. The number of nitrogens with one attached hydrogen (secondary N) is 2. The number of imidazole rings is 1. The minimum atomic E-state index is -0.412. The molecular weight excluding hydrogens is 538 g/mol. The van der Waals surface area contributed by atoms with Gasteiger partial charge in [-0.25, -0.2) is 9.78 Å². The van der Waals surface area contributed by atoms with Gasteiger partial charge in [0.15, 0.2) is 0 Å². The minimum Gasteiger partial charge on any atom is -0.449 e. The Morgan fingerprint density at radius 2 is 1.51 bits per heavy atom. The predicted octanol–water partition coefficient (Wildman–Crippen LogP) is 5.86. The molecule has 0 atom stereocenters. The van der Waals surface area contributed by atoms with Crippen molar-refractivity contribution in [3.63, 3.8) is 0 Å². The number of fused-ring (bicyclic) bond motifs is 3. The van der Waals surface area contributed by atoms with Crippen LogP contribution in [0.25, 0.3) is 33.6 Å². The lowest BCUT2D eigenvalue weighted by atomic mass is 9.98. The quantitative estimate of drug-likeness (QED) is 0.226. The molecule has 0 unspecified atom stereocenters. The van der Waals surface area contributed by atoms with E-state index < -0.39 is 6.09 Å². The van der Waals surface area contributed by atoms with Gasteiger partial charge in [0.2, 0.25) is 5.82 Å². The highest BCUT2D eigenvalue weighted by Gasteiger charge is 2.29. The van der Waals surface area contributed by atoms with Crippen molar-refractivity contribution in [3.05, 3.63) is 132 Å². The van der Waals surface area contributed by atoms with Gasteiger partial charge in [-0.1, -0.05) is 97.1 Å². The third-order valence-electron chi connectivity index (χ3n) is 7.92. The smallest absolute Gasteiger partial charge is 0.407 e. The summed E-state index contributed by atoms with van der Waals surface area (Å²) in [7, 11) is 0. The summed E-state index contributed by atoms with van der Waals surface area (Å²) in [5.41, 5.74) is 10.0. The van der Waals surface area contributed by atoms with Crippen LogP contribution in [-0.2, 0) is 17.7 Å². The molecule has 7 rings (SSSR count). The molecule has 6 aromatic rings. The van der Waals surface area contributed by atoms with E-state index in [1.54, 1.807) is 0 Å². The summed E-state index contributed by atoms with van der Waals surface area (Å²) in [6.45, 7) is 1.43. The van der Waals surface area contributed by atoms with Gasteiger partial charge < -0.3 is 14.6 Å². The Hall–Kier alpha value is -5.57. The zero-order chi connectivity index (χ0) is 29.0. The van der Waals surface area contributed by atoms with Crippen molar-refractivity contribution in [1.82, 2.24) is 35.5 Å². The van der Waals surface area contributed by atoms with E-state index in [4.69, 9.17) is 4.74 Å². The molecule has 4 aromatic carbocycles. The van der Waals surface area contributed by atoms with Crippen LogP contribution in [0.3, 0.4) is 0 Å². The summed E-state index contributed by atoms with van der Waals surface area (Å²) >= 11 is 0. The number of rotatable bonds is 9. The first-order valence-electron chi connectivity index (χ1n) is 14.2. The summed E-state index contributed by atoms with van der Waals surface area (Å²) in [6, 6.07) is 33.1. The molecule has 2 aromatic heterocycles. The van der Waals surface area contributed by atoms with Crippen molar-refractivity contribution in [1.29, 1.82) is 0 Å². The van der Waals surface area contributed by atoms with Gasteiger partial charge in [-0.15, -0.1) is 10.2 Å². The van der Waals surface area contributed by atoms with Crippen LogP contribution < -0.4 is 5.32 Å². The zero-order valence-corrected chi connectivity index (χ0v) is 23.4.